The monoisotopic (exact) mass is 333 g/mol. The van der Waals surface area contributed by atoms with Crippen molar-refractivity contribution in [3.63, 3.8) is 0 Å². The van der Waals surface area contributed by atoms with Crippen LogP contribution in [0.2, 0.25) is 5.15 Å². The summed E-state index contributed by atoms with van der Waals surface area (Å²) in [5, 5.41) is 9.78. The molecule has 0 bridgehead atoms. The summed E-state index contributed by atoms with van der Waals surface area (Å²) < 4.78 is 0. The van der Waals surface area contributed by atoms with Gasteiger partial charge in [0.05, 0.1) is 0 Å². The fourth-order valence-electron chi connectivity index (χ4n) is 2.55. The summed E-state index contributed by atoms with van der Waals surface area (Å²) in [6.45, 7) is 2.35. The Labute approximate surface area is 138 Å². The minimum Gasteiger partial charge on any atom is -0.508 e. The summed E-state index contributed by atoms with van der Waals surface area (Å²) in [5.41, 5.74) is 6.09. The van der Waals surface area contributed by atoms with Crippen LogP contribution in [-0.2, 0) is 0 Å². The number of hydrogen-bond acceptors (Lipinski definition) is 6. The van der Waals surface area contributed by atoms with Crippen molar-refractivity contribution in [2.75, 3.05) is 36.8 Å². The minimum absolute atomic E-state index is 0.0839. The third-order valence-electron chi connectivity index (χ3n) is 3.68. The lowest BCUT2D eigenvalue weighted by atomic mass is 10.1. The van der Waals surface area contributed by atoms with Gasteiger partial charge in [-0.15, -0.1) is 0 Å². The van der Waals surface area contributed by atoms with E-state index >= 15 is 0 Å². The number of carbonyl (C=O) groups excluding carboxylic acids is 1. The smallest absolute Gasteiger partial charge is 0.254 e. The highest BCUT2D eigenvalue weighted by molar-refractivity contribution is 6.29. The van der Waals surface area contributed by atoms with Gasteiger partial charge < -0.3 is 20.6 Å². The van der Waals surface area contributed by atoms with Crippen molar-refractivity contribution >= 4 is 29.3 Å². The van der Waals surface area contributed by atoms with Gasteiger partial charge in [0.2, 0.25) is 5.95 Å². The van der Waals surface area contributed by atoms with E-state index in [1.54, 1.807) is 23.1 Å². The van der Waals surface area contributed by atoms with Crippen molar-refractivity contribution in [2.45, 2.75) is 0 Å². The van der Waals surface area contributed by atoms with Gasteiger partial charge >= 0.3 is 0 Å². The van der Waals surface area contributed by atoms with Crippen LogP contribution >= 0.6 is 11.6 Å². The standard InChI is InChI=1S/C15H16ClN5O2/c16-12-9-13(19-15(17)18-12)20-4-6-21(7-5-20)14(23)10-2-1-3-11(22)8-10/h1-3,8-9,22H,4-7H2,(H2,17,18,19). The molecule has 0 spiro atoms. The number of halogens is 1. The first-order chi connectivity index (χ1) is 11.0. The number of amides is 1. The molecule has 3 N–H and O–H groups in total. The van der Waals surface area contributed by atoms with Gasteiger partial charge in [-0.3, -0.25) is 4.79 Å². The maximum atomic E-state index is 12.4. The Morgan fingerprint density at radius 1 is 1.17 bits per heavy atom. The number of nitrogens with two attached hydrogens (primary N) is 1. The molecule has 1 aliphatic heterocycles. The molecule has 1 aromatic heterocycles. The van der Waals surface area contributed by atoms with Gasteiger partial charge in [-0.05, 0) is 18.2 Å². The summed E-state index contributed by atoms with van der Waals surface area (Å²) in [4.78, 5) is 24.2. The molecule has 120 valence electrons. The zero-order chi connectivity index (χ0) is 16.4. The number of benzene rings is 1. The lowest BCUT2D eigenvalue weighted by Gasteiger charge is -2.35. The molecule has 8 heteroatoms. The summed E-state index contributed by atoms with van der Waals surface area (Å²) in [7, 11) is 0. The first-order valence-electron chi connectivity index (χ1n) is 7.16. The van der Waals surface area contributed by atoms with Crippen molar-refractivity contribution in [1.82, 2.24) is 14.9 Å². The number of phenolic OH excluding ortho intramolecular Hbond substituents is 1. The second-order valence-electron chi connectivity index (χ2n) is 5.24. The SMILES string of the molecule is Nc1nc(Cl)cc(N2CCN(C(=O)c3cccc(O)c3)CC2)n1. The number of nitrogens with zero attached hydrogens (tertiary/aromatic N) is 4. The van der Waals surface area contributed by atoms with Crippen molar-refractivity contribution in [3.05, 3.63) is 41.0 Å². The molecule has 3 rings (SSSR count). The first-order valence-corrected chi connectivity index (χ1v) is 7.54. The van der Waals surface area contributed by atoms with Gasteiger partial charge in [0.25, 0.3) is 5.91 Å². The van der Waals surface area contributed by atoms with Crippen LogP contribution < -0.4 is 10.6 Å². The molecule has 1 fully saturated rings. The third kappa shape index (κ3) is 3.45. The summed E-state index contributed by atoms with van der Waals surface area (Å²) in [5.74, 6) is 0.777. The molecule has 2 heterocycles. The summed E-state index contributed by atoms with van der Waals surface area (Å²) >= 11 is 5.90. The summed E-state index contributed by atoms with van der Waals surface area (Å²) in [6, 6.07) is 8.02. The zero-order valence-corrected chi connectivity index (χ0v) is 13.1. The predicted molar refractivity (Wildman–Crippen MR) is 87.7 cm³/mol. The Bertz CT molecular complexity index is 711. The van der Waals surface area contributed by atoms with Crippen LogP contribution in [0, 0.1) is 0 Å². The Balaban J connectivity index is 1.67. The van der Waals surface area contributed by atoms with Crippen LogP contribution in [0.25, 0.3) is 0 Å². The fourth-order valence-corrected chi connectivity index (χ4v) is 2.73. The summed E-state index contributed by atoms with van der Waals surface area (Å²) in [6.07, 6.45) is 0. The quantitative estimate of drug-likeness (QED) is 0.806. The highest BCUT2D eigenvalue weighted by Crippen LogP contribution is 2.20. The van der Waals surface area contributed by atoms with E-state index in [0.717, 1.165) is 0 Å². The number of aromatic hydroxyl groups is 1. The topological polar surface area (TPSA) is 95.6 Å². The van der Waals surface area contributed by atoms with Crippen molar-refractivity contribution in [2.24, 2.45) is 0 Å². The molecule has 0 radical (unpaired) electrons. The Hall–Kier alpha value is -2.54. The number of nitrogen functional groups attached to an aromatic ring is 1. The van der Waals surface area contributed by atoms with E-state index in [4.69, 9.17) is 17.3 Å². The van der Waals surface area contributed by atoms with Gasteiger partial charge in [0.1, 0.15) is 16.7 Å². The average molecular weight is 334 g/mol. The van der Waals surface area contributed by atoms with E-state index in [0.29, 0.717) is 42.7 Å². The molecular weight excluding hydrogens is 318 g/mol. The van der Waals surface area contributed by atoms with E-state index in [1.807, 2.05) is 4.90 Å². The van der Waals surface area contributed by atoms with Crippen LogP contribution in [0.3, 0.4) is 0 Å². The second kappa shape index (κ2) is 6.29. The molecule has 2 aromatic rings. The van der Waals surface area contributed by atoms with E-state index in [-0.39, 0.29) is 17.6 Å². The minimum atomic E-state index is -0.0965. The normalized spacial score (nSPS) is 14.8. The third-order valence-corrected chi connectivity index (χ3v) is 3.88. The molecule has 23 heavy (non-hydrogen) atoms. The van der Waals surface area contributed by atoms with E-state index in [1.165, 1.54) is 12.1 Å². The van der Waals surface area contributed by atoms with Gasteiger partial charge in [0, 0.05) is 37.8 Å². The number of anilines is 2. The van der Waals surface area contributed by atoms with E-state index in [9.17, 15) is 9.90 Å². The Morgan fingerprint density at radius 3 is 2.57 bits per heavy atom. The number of carbonyl (C=O) groups is 1. The van der Waals surface area contributed by atoms with Crippen LogP contribution in [0.5, 0.6) is 5.75 Å². The zero-order valence-electron chi connectivity index (χ0n) is 12.3. The van der Waals surface area contributed by atoms with Crippen molar-refractivity contribution < 1.29 is 9.90 Å². The molecule has 7 nitrogen and oxygen atoms in total. The molecule has 1 saturated heterocycles. The van der Waals surface area contributed by atoms with Crippen molar-refractivity contribution in [3.8, 4) is 5.75 Å². The number of aromatic nitrogens is 2. The number of hydrogen-bond donors (Lipinski definition) is 2. The largest absolute Gasteiger partial charge is 0.508 e. The van der Waals surface area contributed by atoms with E-state index in [2.05, 4.69) is 9.97 Å². The molecule has 1 amide bonds. The number of phenols is 1. The first kappa shape index (κ1) is 15.4. The van der Waals surface area contributed by atoms with Gasteiger partial charge in [-0.25, -0.2) is 4.98 Å². The number of rotatable bonds is 2. The fraction of sp³-hybridized carbons (Fsp3) is 0.267. The van der Waals surface area contributed by atoms with E-state index < -0.39 is 0 Å². The van der Waals surface area contributed by atoms with Crippen LogP contribution in [0.1, 0.15) is 10.4 Å². The van der Waals surface area contributed by atoms with Crippen LogP contribution in [-0.4, -0.2) is 52.1 Å². The molecule has 1 aromatic carbocycles. The maximum absolute atomic E-state index is 12.4. The number of piperazine rings is 1. The second-order valence-corrected chi connectivity index (χ2v) is 5.62. The molecule has 0 saturated carbocycles. The van der Waals surface area contributed by atoms with Crippen LogP contribution in [0.15, 0.2) is 30.3 Å². The lowest BCUT2D eigenvalue weighted by Crippen LogP contribution is -2.49. The average Bonchev–Trinajstić information content (AvgIpc) is 2.53. The van der Waals surface area contributed by atoms with Gasteiger partial charge in [0.15, 0.2) is 0 Å². The highest BCUT2D eigenvalue weighted by atomic mass is 35.5. The Morgan fingerprint density at radius 2 is 1.91 bits per heavy atom. The maximum Gasteiger partial charge on any atom is 0.254 e. The Kier molecular flexibility index (Phi) is 4.20. The van der Waals surface area contributed by atoms with Gasteiger partial charge in [-0.2, -0.15) is 4.98 Å². The molecular formula is C15H16ClN5O2. The lowest BCUT2D eigenvalue weighted by molar-refractivity contribution is 0.0746. The van der Waals surface area contributed by atoms with Crippen LogP contribution in [0.4, 0.5) is 11.8 Å². The molecule has 0 unspecified atom stereocenters. The molecule has 0 aliphatic carbocycles. The van der Waals surface area contributed by atoms with Gasteiger partial charge in [-0.1, -0.05) is 17.7 Å². The van der Waals surface area contributed by atoms with Crippen molar-refractivity contribution in [1.29, 1.82) is 0 Å². The highest BCUT2D eigenvalue weighted by Gasteiger charge is 2.23. The molecule has 0 atom stereocenters. The predicted octanol–water partition coefficient (Wildman–Crippen LogP) is 1.38. The molecule has 1 aliphatic rings.